The molecule has 0 radical (unpaired) electrons. The maximum atomic E-state index is 12.6. The van der Waals surface area contributed by atoms with E-state index in [2.05, 4.69) is 20.7 Å². The normalized spacial score (nSPS) is 12.8. The van der Waals surface area contributed by atoms with E-state index in [1.54, 1.807) is 17.9 Å². The Balaban J connectivity index is 0.00000169. The third-order valence-corrected chi connectivity index (χ3v) is 4.18. The van der Waals surface area contributed by atoms with Crippen LogP contribution in [-0.2, 0) is 18.9 Å². The summed E-state index contributed by atoms with van der Waals surface area (Å²) in [4.78, 5) is 17.3. The molecule has 9 heteroatoms. The maximum absolute atomic E-state index is 12.6. The van der Waals surface area contributed by atoms with Gasteiger partial charge in [0, 0.05) is 25.9 Å². The van der Waals surface area contributed by atoms with E-state index < -0.39 is 6.04 Å². The van der Waals surface area contributed by atoms with Gasteiger partial charge in [-0.1, -0.05) is 12.1 Å². The predicted octanol–water partition coefficient (Wildman–Crippen LogP) is 2.29. The minimum absolute atomic E-state index is 0. The molecule has 2 heterocycles. The molecule has 1 amide bonds. The van der Waals surface area contributed by atoms with Crippen LogP contribution in [0, 0.1) is 0 Å². The fourth-order valence-corrected chi connectivity index (χ4v) is 2.95. The Hall–Kier alpha value is -2.09. The number of aromatic nitrogens is 4. The van der Waals surface area contributed by atoms with Gasteiger partial charge in [-0.25, -0.2) is 4.98 Å². The van der Waals surface area contributed by atoms with Crippen molar-refractivity contribution in [3.63, 3.8) is 0 Å². The number of halogens is 2. The molecule has 0 aliphatic carbocycles. The van der Waals surface area contributed by atoms with E-state index in [4.69, 9.17) is 0 Å². The summed E-state index contributed by atoms with van der Waals surface area (Å²) in [6, 6.07) is 7.28. The highest BCUT2D eigenvalue weighted by atomic mass is 35.5. The summed E-state index contributed by atoms with van der Waals surface area (Å²) in [5.74, 6) is 0.718. The number of carbonyl (C=O) groups excluding carboxylic acids is 1. The average Bonchev–Trinajstić information content (AvgIpc) is 3.13. The highest BCUT2D eigenvalue weighted by molar-refractivity contribution is 5.85. The van der Waals surface area contributed by atoms with Crippen LogP contribution in [0.1, 0.15) is 30.4 Å². The molecule has 0 bridgehead atoms. The van der Waals surface area contributed by atoms with Gasteiger partial charge in [0.05, 0.1) is 23.3 Å². The molecule has 0 saturated heterocycles. The van der Waals surface area contributed by atoms with Gasteiger partial charge in [-0.3, -0.25) is 9.48 Å². The fraction of sp³-hybridized carbons (Fsp3) is 0.353. The van der Waals surface area contributed by atoms with Crippen LogP contribution in [0.4, 0.5) is 0 Å². The quantitative estimate of drug-likeness (QED) is 0.690. The van der Waals surface area contributed by atoms with E-state index in [9.17, 15) is 4.79 Å². The lowest BCUT2D eigenvalue weighted by atomic mass is 10.1. The fourth-order valence-electron chi connectivity index (χ4n) is 2.95. The second kappa shape index (κ2) is 9.02. The van der Waals surface area contributed by atoms with Crippen LogP contribution in [-0.4, -0.2) is 32.3 Å². The van der Waals surface area contributed by atoms with Gasteiger partial charge < -0.3 is 15.2 Å². The van der Waals surface area contributed by atoms with Crippen molar-refractivity contribution in [2.75, 3.05) is 7.05 Å². The van der Waals surface area contributed by atoms with Crippen molar-refractivity contribution in [3.05, 3.63) is 48.0 Å². The standard InChI is InChI=1S/C17H22N6O.2ClH/c1-11(16-21-13-7-5-6-8-14(13)23(16)4)20-17(24)15(18-2)12-9-19-22(3)10-12;;/h5-11,15,18H,1-4H3,(H,20,24);2*1H. The number of nitrogens with one attached hydrogen (secondary N) is 2. The monoisotopic (exact) mass is 398 g/mol. The van der Waals surface area contributed by atoms with Crippen molar-refractivity contribution >= 4 is 41.8 Å². The summed E-state index contributed by atoms with van der Waals surface area (Å²) in [6.07, 6.45) is 3.53. The van der Waals surface area contributed by atoms with Gasteiger partial charge in [-0.05, 0) is 26.1 Å². The van der Waals surface area contributed by atoms with Gasteiger partial charge in [-0.15, -0.1) is 24.8 Å². The molecule has 1 aromatic carbocycles. The summed E-state index contributed by atoms with van der Waals surface area (Å²) in [7, 11) is 5.55. The zero-order chi connectivity index (χ0) is 17.3. The first-order valence-electron chi connectivity index (χ1n) is 7.88. The molecule has 142 valence electrons. The molecule has 0 aliphatic heterocycles. The molecule has 0 spiro atoms. The number of imidazole rings is 1. The van der Waals surface area contributed by atoms with Gasteiger partial charge in [-0.2, -0.15) is 5.10 Å². The number of amides is 1. The molecular weight excluding hydrogens is 375 g/mol. The van der Waals surface area contributed by atoms with Gasteiger partial charge in [0.2, 0.25) is 5.91 Å². The average molecular weight is 399 g/mol. The lowest BCUT2D eigenvalue weighted by Gasteiger charge is -2.19. The molecule has 2 unspecified atom stereocenters. The summed E-state index contributed by atoms with van der Waals surface area (Å²) in [5.41, 5.74) is 2.80. The molecule has 2 atom stereocenters. The SMILES string of the molecule is CNC(C(=O)NC(C)c1nc2ccccc2n1C)c1cnn(C)c1.Cl.Cl. The Morgan fingerprint density at radius 1 is 1.19 bits per heavy atom. The summed E-state index contributed by atoms with van der Waals surface area (Å²) in [5, 5.41) is 10.2. The van der Waals surface area contributed by atoms with Crippen LogP contribution < -0.4 is 10.6 Å². The summed E-state index contributed by atoms with van der Waals surface area (Å²) in [6.45, 7) is 1.94. The van der Waals surface area contributed by atoms with Gasteiger partial charge in [0.1, 0.15) is 11.9 Å². The maximum Gasteiger partial charge on any atom is 0.242 e. The third-order valence-electron chi connectivity index (χ3n) is 4.18. The van der Waals surface area contributed by atoms with E-state index in [1.165, 1.54) is 0 Å². The highest BCUT2D eigenvalue weighted by Crippen LogP contribution is 2.20. The summed E-state index contributed by atoms with van der Waals surface area (Å²) < 4.78 is 3.70. The number of carbonyl (C=O) groups is 1. The highest BCUT2D eigenvalue weighted by Gasteiger charge is 2.23. The Labute approximate surface area is 165 Å². The van der Waals surface area contributed by atoms with Crippen LogP contribution >= 0.6 is 24.8 Å². The smallest absolute Gasteiger partial charge is 0.242 e. The first-order valence-corrected chi connectivity index (χ1v) is 7.88. The third kappa shape index (κ3) is 4.17. The number of rotatable bonds is 5. The number of para-hydroxylation sites is 2. The number of benzene rings is 1. The van der Waals surface area contributed by atoms with Crippen molar-refractivity contribution in [3.8, 4) is 0 Å². The van der Waals surface area contributed by atoms with Crippen molar-refractivity contribution in [1.82, 2.24) is 30.0 Å². The zero-order valence-corrected chi connectivity index (χ0v) is 16.8. The molecule has 7 nitrogen and oxygen atoms in total. The van der Waals surface area contributed by atoms with E-state index in [-0.39, 0.29) is 36.8 Å². The molecule has 3 rings (SSSR count). The molecular formula is C17H24Cl2N6O. The number of fused-ring (bicyclic) bond motifs is 1. The summed E-state index contributed by atoms with van der Waals surface area (Å²) >= 11 is 0. The largest absolute Gasteiger partial charge is 0.345 e. The van der Waals surface area contributed by atoms with Crippen LogP contribution in [0.15, 0.2) is 36.7 Å². The second-order valence-electron chi connectivity index (χ2n) is 5.92. The second-order valence-corrected chi connectivity index (χ2v) is 5.92. The van der Waals surface area contributed by atoms with Crippen LogP contribution in [0.2, 0.25) is 0 Å². The zero-order valence-electron chi connectivity index (χ0n) is 15.1. The molecule has 3 aromatic rings. The van der Waals surface area contributed by atoms with Gasteiger partial charge in [0.25, 0.3) is 0 Å². The van der Waals surface area contributed by atoms with E-state index in [1.807, 2.05) is 56.0 Å². The Morgan fingerprint density at radius 3 is 2.46 bits per heavy atom. The number of nitrogens with zero attached hydrogens (tertiary/aromatic N) is 4. The van der Waals surface area contributed by atoms with Crippen molar-refractivity contribution in [1.29, 1.82) is 0 Å². The molecule has 26 heavy (non-hydrogen) atoms. The van der Waals surface area contributed by atoms with E-state index in [0.717, 1.165) is 22.4 Å². The minimum Gasteiger partial charge on any atom is -0.345 e. The molecule has 0 fully saturated rings. The number of hydrogen-bond acceptors (Lipinski definition) is 4. The van der Waals surface area contributed by atoms with E-state index in [0.29, 0.717) is 0 Å². The van der Waals surface area contributed by atoms with Crippen molar-refractivity contribution < 1.29 is 4.79 Å². The van der Waals surface area contributed by atoms with Gasteiger partial charge in [0.15, 0.2) is 0 Å². The first kappa shape index (κ1) is 22.0. The van der Waals surface area contributed by atoms with Crippen LogP contribution in [0.5, 0.6) is 0 Å². The molecule has 0 aliphatic rings. The van der Waals surface area contributed by atoms with Crippen LogP contribution in [0.3, 0.4) is 0 Å². The van der Waals surface area contributed by atoms with Crippen molar-refractivity contribution in [2.24, 2.45) is 14.1 Å². The Morgan fingerprint density at radius 2 is 1.88 bits per heavy atom. The Kier molecular flexibility index (Phi) is 7.62. The van der Waals surface area contributed by atoms with Gasteiger partial charge >= 0.3 is 0 Å². The van der Waals surface area contributed by atoms with Crippen molar-refractivity contribution in [2.45, 2.75) is 19.0 Å². The lowest BCUT2D eigenvalue weighted by Crippen LogP contribution is -2.37. The molecule has 2 aromatic heterocycles. The number of likely N-dealkylation sites (N-methyl/N-ethyl adjacent to an activating group) is 1. The topological polar surface area (TPSA) is 76.8 Å². The van der Waals surface area contributed by atoms with Crippen LogP contribution in [0.25, 0.3) is 11.0 Å². The molecule has 2 N–H and O–H groups in total. The predicted molar refractivity (Wildman–Crippen MR) is 107 cm³/mol. The van der Waals surface area contributed by atoms with E-state index >= 15 is 0 Å². The number of hydrogen-bond donors (Lipinski definition) is 2. The lowest BCUT2D eigenvalue weighted by molar-refractivity contribution is -0.123. The number of aryl methyl sites for hydroxylation is 2. The Bertz CT molecular complexity index is 875. The first-order chi connectivity index (χ1) is 11.5. The molecule has 0 saturated carbocycles. The minimum atomic E-state index is -0.448.